The fourth-order valence-electron chi connectivity index (χ4n) is 5.80. The van der Waals surface area contributed by atoms with E-state index in [-0.39, 0.29) is 30.1 Å². The van der Waals surface area contributed by atoms with E-state index in [0.29, 0.717) is 5.39 Å². The highest BCUT2D eigenvalue weighted by atomic mass is 19.1. The number of fused-ring (bicyclic) bond motifs is 2. The van der Waals surface area contributed by atoms with Gasteiger partial charge in [-0.2, -0.15) is 0 Å². The Kier molecular flexibility index (Phi) is 9.87. The van der Waals surface area contributed by atoms with Crippen LogP contribution < -0.4 is 20.4 Å². The molecular formula is C35H32FN5O8. The summed E-state index contributed by atoms with van der Waals surface area (Å²) in [4.78, 5) is 73.3. The van der Waals surface area contributed by atoms with Crippen LogP contribution in [-0.4, -0.2) is 79.8 Å². The molecule has 4 aromatic rings. The molecule has 1 saturated heterocycles. The summed E-state index contributed by atoms with van der Waals surface area (Å²) in [5.41, 5.74) is 0.910. The first kappa shape index (κ1) is 33.2. The molecule has 49 heavy (non-hydrogen) atoms. The number of hydrogen-bond acceptors (Lipinski definition) is 9. The zero-order chi connectivity index (χ0) is 34.5. The van der Waals surface area contributed by atoms with Crippen LogP contribution in [0.2, 0.25) is 0 Å². The maximum atomic E-state index is 14.7. The molecule has 1 unspecified atom stereocenters. The minimum Gasteiger partial charge on any atom is -0.433 e. The van der Waals surface area contributed by atoms with Crippen molar-refractivity contribution < 1.29 is 42.6 Å². The summed E-state index contributed by atoms with van der Waals surface area (Å²) in [6.07, 6.45) is 0.210. The van der Waals surface area contributed by atoms with Crippen molar-refractivity contribution in [1.82, 2.24) is 15.6 Å². The number of halogens is 1. The summed E-state index contributed by atoms with van der Waals surface area (Å²) in [7, 11) is 1.31. The van der Waals surface area contributed by atoms with Crippen molar-refractivity contribution in [3.8, 4) is 0 Å². The molecule has 252 valence electrons. The van der Waals surface area contributed by atoms with E-state index >= 15 is 0 Å². The van der Waals surface area contributed by atoms with Gasteiger partial charge >= 0.3 is 5.97 Å². The Morgan fingerprint density at radius 3 is 2.55 bits per heavy atom. The van der Waals surface area contributed by atoms with E-state index in [2.05, 4.69) is 15.6 Å². The van der Waals surface area contributed by atoms with Gasteiger partial charge in [0.1, 0.15) is 36.7 Å². The molecule has 3 atom stereocenters. The third-order valence-corrected chi connectivity index (χ3v) is 8.08. The Balaban J connectivity index is 1.28. The quantitative estimate of drug-likeness (QED) is 0.242. The maximum absolute atomic E-state index is 14.7. The van der Waals surface area contributed by atoms with Gasteiger partial charge in [0.2, 0.25) is 12.2 Å². The fraction of sp³-hybridized carbons (Fsp3) is 0.257. The highest BCUT2D eigenvalue weighted by Gasteiger charge is 2.40. The van der Waals surface area contributed by atoms with Crippen LogP contribution in [0.5, 0.6) is 0 Å². The lowest BCUT2D eigenvalue weighted by atomic mass is 10.1. The molecule has 13 nitrogen and oxygen atoms in total. The molecule has 2 N–H and O–H groups in total. The van der Waals surface area contributed by atoms with Gasteiger partial charge < -0.3 is 29.7 Å². The standard InChI is InChI=1S/C35H32FN5O8/c1-47-20-30(43)40-17-26(39-33(45)32-24-10-6-5-9-22(24)13-14-37-32)34(46)41(27-12-11-23(36)15-28(27)40)18-29(42)38-25-16-31(44)49-35(25)48-19-21-7-3-2-4-8-21/h2-15,25-26,35H,16-20H2,1H3,(H,38,42)(H,39,45)/t25-,26-,35?/m0/s1. The van der Waals surface area contributed by atoms with E-state index in [4.69, 9.17) is 14.2 Å². The first-order chi connectivity index (χ1) is 23.7. The number of methoxy groups -OCH3 is 1. The number of aromatic nitrogens is 1. The smallest absolute Gasteiger partial charge is 0.310 e. The SMILES string of the molecule is COCC(=O)N1C[C@H](NC(=O)c2nccc3ccccc23)C(=O)N(CC(=O)N[C@H]2CC(=O)OC2OCc2ccccc2)c2ccc(F)cc21. The first-order valence-corrected chi connectivity index (χ1v) is 15.4. The van der Waals surface area contributed by atoms with Crippen LogP contribution in [0.3, 0.4) is 0 Å². The second kappa shape index (κ2) is 14.6. The van der Waals surface area contributed by atoms with Crippen molar-refractivity contribution in [2.45, 2.75) is 31.4 Å². The average Bonchev–Trinajstić information content (AvgIpc) is 3.41. The van der Waals surface area contributed by atoms with Gasteiger partial charge in [-0.25, -0.2) is 4.39 Å². The second-order valence-electron chi connectivity index (χ2n) is 11.4. The van der Waals surface area contributed by atoms with Crippen LogP contribution in [0.4, 0.5) is 15.8 Å². The number of ether oxygens (including phenoxy) is 3. The molecular weight excluding hydrogens is 637 g/mol. The van der Waals surface area contributed by atoms with Gasteiger partial charge in [-0.15, -0.1) is 0 Å². The number of carbonyl (C=O) groups is 5. The number of pyridine rings is 1. The van der Waals surface area contributed by atoms with Crippen molar-refractivity contribution in [2.24, 2.45) is 0 Å². The molecule has 3 aromatic carbocycles. The van der Waals surface area contributed by atoms with Crippen molar-refractivity contribution in [3.05, 3.63) is 102 Å². The molecule has 14 heteroatoms. The fourth-order valence-corrected chi connectivity index (χ4v) is 5.80. The zero-order valence-electron chi connectivity index (χ0n) is 26.3. The number of cyclic esters (lactones) is 1. The summed E-state index contributed by atoms with van der Waals surface area (Å²) in [6.45, 7) is -1.30. The van der Waals surface area contributed by atoms with E-state index in [9.17, 15) is 28.4 Å². The van der Waals surface area contributed by atoms with E-state index in [1.165, 1.54) is 19.4 Å². The van der Waals surface area contributed by atoms with Gasteiger partial charge in [-0.3, -0.25) is 33.9 Å². The van der Waals surface area contributed by atoms with Crippen LogP contribution in [0.15, 0.2) is 85.1 Å². The molecule has 4 amide bonds. The lowest BCUT2D eigenvalue weighted by Gasteiger charge is -2.26. The second-order valence-corrected chi connectivity index (χ2v) is 11.4. The zero-order valence-corrected chi connectivity index (χ0v) is 26.3. The molecule has 0 spiro atoms. The van der Waals surface area contributed by atoms with E-state index in [1.807, 2.05) is 42.5 Å². The number of nitrogens with one attached hydrogen (secondary N) is 2. The molecule has 0 bridgehead atoms. The number of benzene rings is 3. The molecule has 0 saturated carbocycles. The van der Waals surface area contributed by atoms with Crippen molar-refractivity contribution in [3.63, 3.8) is 0 Å². The van der Waals surface area contributed by atoms with Crippen LogP contribution in [0.25, 0.3) is 10.8 Å². The van der Waals surface area contributed by atoms with Gasteiger partial charge in [0.05, 0.1) is 30.9 Å². The lowest BCUT2D eigenvalue weighted by molar-refractivity contribution is -0.168. The minimum atomic E-state index is -1.39. The minimum absolute atomic E-state index is 0.00770. The third kappa shape index (κ3) is 7.40. The van der Waals surface area contributed by atoms with Crippen LogP contribution in [0, 0.1) is 5.82 Å². The molecule has 6 rings (SSSR count). The third-order valence-electron chi connectivity index (χ3n) is 8.08. The van der Waals surface area contributed by atoms with Crippen molar-refractivity contribution in [1.29, 1.82) is 0 Å². The number of hydrogen-bond donors (Lipinski definition) is 2. The first-order valence-electron chi connectivity index (χ1n) is 15.4. The van der Waals surface area contributed by atoms with E-state index < -0.39 is 73.5 Å². The summed E-state index contributed by atoms with van der Waals surface area (Å²) in [5.74, 6) is -4.04. The van der Waals surface area contributed by atoms with Crippen LogP contribution >= 0.6 is 0 Å². The number of esters is 1. The van der Waals surface area contributed by atoms with E-state index in [0.717, 1.165) is 32.9 Å². The van der Waals surface area contributed by atoms with Gasteiger partial charge in [0, 0.05) is 18.7 Å². The van der Waals surface area contributed by atoms with Crippen molar-refractivity contribution >= 4 is 51.7 Å². The summed E-state index contributed by atoms with van der Waals surface area (Å²) in [6, 6.07) is 19.2. The average molecular weight is 670 g/mol. The Labute approximate surface area is 279 Å². The van der Waals surface area contributed by atoms with Gasteiger partial charge in [0.15, 0.2) is 0 Å². The topological polar surface area (TPSA) is 156 Å². The molecule has 1 fully saturated rings. The number of nitrogens with zero attached hydrogens (tertiary/aromatic N) is 3. The van der Waals surface area contributed by atoms with Crippen LogP contribution in [0.1, 0.15) is 22.5 Å². The summed E-state index contributed by atoms with van der Waals surface area (Å²) < 4.78 is 30.8. The maximum Gasteiger partial charge on any atom is 0.310 e. The number of rotatable bonds is 10. The summed E-state index contributed by atoms with van der Waals surface area (Å²) >= 11 is 0. The Morgan fingerprint density at radius 1 is 0.980 bits per heavy atom. The number of amides is 4. The molecule has 2 aliphatic rings. The molecule has 0 radical (unpaired) electrons. The predicted octanol–water partition coefficient (Wildman–Crippen LogP) is 2.47. The monoisotopic (exact) mass is 669 g/mol. The highest BCUT2D eigenvalue weighted by molar-refractivity contribution is 6.12. The Bertz CT molecular complexity index is 1900. The van der Waals surface area contributed by atoms with Crippen molar-refractivity contribution in [2.75, 3.05) is 36.6 Å². The largest absolute Gasteiger partial charge is 0.433 e. The van der Waals surface area contributed by atoms with Gasteiger partial charge in [0.25, 0.3) is 17.7 Å². The molecule has 3 heterocycles. The number of carbonyl (C=O) groups excluding carboxylic acids is 5. The number of anilines is 2. The Morgan fingerprint density at radius 2 is 1.76 bits per heavy atom. The normalized spacial score (nSPS) is 18.9. The molecule has 0 aliphatic carbocycles. The summed E-state index contributed by atoms with van der Waals surface area (Å²) in [5, 5.41) is 6.66. The van der Waals surface area contributed by atoms with E-state index in [1.54, 1.807) is 18.2 Å². The van der Waals surface area contributed by atoms with Gasteiger partial charge in [-0.05, 0) is 35.2 Å². The highest BCUT2D eigenvalue weighted by Crippen LogP contribution is 2.34. The van der Waals surface area contributed by atoms with Gasteiger partial charge in [-0.1, -0.05) is 54.6 Å². The molecule has 1 aromatic heterocycles. The lowest BCUT2D eigenvalue weighted by Crippen LogP contribution is -2.55. The Hall–Kier alpha value is -5.73. The predicted molar refractivity (Wildman–Crippen MR) is 174 cm³/mol. The van der Waals surface area contributed by atoms with Crippen LogP contribution in [-0.2, 0) is 40.0 Å². The molecule has 2 aliphatic heterocycles.